The fourth-order valence-corrected chi connectivity index (χ4v) is 5.24. The first-order valence-electron chi connectivity index (χ1n) is 13.1. The number of carbonyl (C=O) groups excluding carboxylic acids is 2. The number of halogens is 2. The van der Waals surface area contributed by atoms with E-state index in [0.717, 1.165) is 25.3 Å². The normalized spacial score (nSPS) is 21.8. The molecule has 0 aromatic heterocycles. The molecule has 0 spiro atoms. The van der Waals surface area contributed by atoms with E-state index in [0.29, 0.717) is 37.3 Å². The Labute approximate surface area is 232 Å². The maximum absolute atomic E-state index is 14.9. The molecule has 10 heteroatoms. The highest BCUT2D eigenvalue weighted by atomic mass is 35.5. The van der Waals surface area contributed by atoms with Gasteiger partial charge in [0.1, 0.15) is 5.75 Å². The van der Waals surface area contributed by atoms with Crippen LogP contribution in [0.2, 0.25) is 5.02 Å². The number of hydrogen-bond donors (Lipinski definition) is 3. The molecule has 210 valence electrons. The van der Waals surface area contributed by atoms with Crippen molar-refractivity contribution in [3.63, 3.8) is 0 Å². The lowest BCUT2D eigenvalue weighted by Crippen LogP contribution is -2.40. The molecule has 2 aliphatic rings. The Balaban J connectivity index is 1.52. The number of amides is 2. The van der Waals surface area contributed by atoms with Crippen LogP contribution < -0.4 is 20.1 Å². The lowest BCUT2D eigenvalue weighted by molar-refractivity contribution is -0.150. The summed E-state index contributed by atoms with van der Waals surface area (Å²) in [6.07, 6.45) is 4.52. The smallest absolute Gasteiger partial charge is 0.309 e. The third-order valence-corrected chi connectivity index (χ3v) is 8.29. The molecule has 0 atom stereocenters. The minimum absolute atomic E-state index is 0.00777. The van der Waals surface area contributed by atoms with Gasteiger partial charge in [0.2, 0.25) is 0 Å². The summed E-state index contributed by atoms with van der Waals surface area (Å²) in [7, 11) is 1.32. The van der Waals surface area contributed by atoms with Crippen LogP contribution in [0.3, 0.4) is 0 Å². The molecule has 39 heavy (non-hydrogen) atoms. The van der Waals surface area contributed by atoms with E-state index in [-0.39, 0.29) is 39.6 Å². The maximum Gasteiger partial charge on any atom is 0.309 e. The molecule has 2 aromatic carbocycles. The van der Waals surface area contributed by atoms with E-state index in [1.165, 1.54) is 19.2 Å². The van der Waals surface area contributed by atoms with E-state index in [4.69, 9.17) is 21.1 Å². The van der Waals surface area contributed by atoms with Gasteiger partial charge < -0.3 is 25.2 Å². The van der Waals surface area contributed by atoms with Crippen molar-refractivity contribution in [2.24, 2.45) is 10.8 Å². The van der Waals surface area contributed by atoms with Crippen LogP contribution >= 0.6 is 11.6 Å². The van der Waals surface area contributed by atoms with Crippen molar-refractivity contribution < 1.29 is 33.4 Å². The predicted molar refractivity (Wildman–Crippen MR) is 145 cm³/mol. The Morgan fingerprint density at radius 3 is 2.31 bits per heavy atom. The van der Waals surface area contributed by atoms with E-state index in [9.17, 15) is 23.9 Å². The van der Waals surface area contributed by atoms with Gasteiger partial charge in [0.05, 0.1) is 35.4 Å². The van der Waals surface area contributed by atoms with Gasteiger partial charge in [-0.05, 0) is 75.1 Å². The summed E-state index contributed by atoms with van der Waals surface area (Å²) < 4.78 is 26.0. The standard InChI is InChI=1S/C29H34ClFN2O6/c1-28(9-4-10-28)16-32-25(34)19-6-5-17(30)13-22(19)33-26(35)20-14-24(21(31)15-23(20)38-3)39-18-7-11-29(2,12-8-18)27(36)37/h5-6,13-15,18H,4,7-12,16H2,1-3H3,(H,32,34)(H,33,35)(H,36,37)/t18-,29+. The number of methoxy groups -OCH3 is 1. The summed E-state index contributed by atoms with van der Waals surface area (Å²) in [5.41, 5.74) is -0.295. The van der Waals surface area contributed by atoms with Crippen LogP contribution in [0, 0.1) is 16.6 Å². The molecule has 4 rings (SSSR count). The van der Waals surface area contributed by atoms with Gasteiger partial charge in [0.25, 0.3) is 11.8 Å². The van der Waals surface area contributed by atoms with Gasteiger partial charge in [-0.3, -0.25) is 14.4 Å². The van der Waals surface area contributed by atoms with Crippen molar-refractivity contribution in [1.29, 1.82) is 0 Å². The summed E-state index contributed by atoms with van der Waals surface area (Å²) in [6.45, 7) is 4.35. The zero-order valence-electron chi connectivity index (χ0n) is 22.4. The Morgan fingerprint density at radius 2 is 1.72 bits per heavy atom. The van der Waals surface area contributed by atoms with Crippen LogP contribution in [0.25, 0.3) is 0 Å². The molecular weight excluding hydrogens is 527 g/mol. The Kier molecular flexibility index (Phi) is 8.39. The van der Waals surface area contributed by atoms with Crippen LogP contribution in [-0.2, 0) is 4.79 Å². The highest BCUT2D eigenvalue weighted by Crippen LogP contribution is 2.40. The molecule has 0 heterocycles. The zero-order valence-corrected chi connectivity index (χ0v) is 23.1. The second kappa shape index (κ2) is 11.4. The van der Waals surface area contributed by atoms with Crippen molar-refractivity contribution in [2.75, 3.05) is 19.0 Å². The lowest BCUT2D eigenvalue weighted by Gasteiger charge is -2.38. The summed E-state index contributed by atoms with van der Waals surface area (Å²) in [6, 6.07) is 6.92. The number of benzene rings is 2. The molecule has 0 radical (unpaired) electrons. The molecule has 8 nitrogen and oxygen atoms in total. The average Bonchev–Trinajstić information content (AvgIpc) is 2.88. The molecule has 0 bridgehead atoms. The van der Waals surface area contributed by atoms with Crippen molar-refractivity contribution in [3.8, 4) is 11.5 Å². The summed E-state index contributed by atoms with van der Waals surface area (Å²) in [5.74, 6) is -2.69. The molecule has 0 aliphatic heterocycles. The topological polar surface area (TPSA) is 114 Å². The first kappa shape index (κ1) is 28.7. The van der Waals surface area contributed by atoms with Crippen molar-refractivity contribution in [1.82, 2.24) is 5.32 Å². The molecule has 2 saturated carbocycles. The van der Waals surface area contributed by atoms with Gasteiger partial charge in [0.15, 0.2) is 11.6 Å². The van der Waals surface area contributed by atoms with Gasteiger partial charge in [-0.1, -0.05) is 24.9 Å². The molecular formula is C29H34ClFN2O6. The van der Waals surface area contributed by atoms with Crippen LogP contribution in [0.1, 0.15) is 79.5 Å². The van der Waals surface area contributed by atoms with Gasteiger partial charge in [-0.2, -0.15) is 0 Å². The molecule has 2 fully saturated rings. The second-order valence-corrected chi connectivity index (χ2v) is 11.6. The van der Waals surface area contributed by atoms with Gasteiger partial charge in [0, 0.05) is 17.6 Å². The Bertz CT molecular complexity index is 1270. The fourth-order valence-electron chi connectivity index (χ4n) is 5.07. The van der Waals surface area contributed by atoms with Crippen molar-refractivity contribution >= 4 is 35.1 Å². The number of hydrogen-bond acceptors (Lipinski definition) is 5. The highest BCUT2D eigenvalue weighted by Gasteiger charge is 2.38. The SMILES string of the molecule is COc1cc(F)c(O[C@H]2CC[C@@](C)(C(=O)O)CC2)cc1C(=O)Nc1cc(Cl)ccc1C(=O)NCC1(C)CCC1. The van der Waals surface area contributed by atoms with Crippen LogP contribution in [0.5, 0.6) is 11.5 Å². The van der Waals surface area contributed by atoms with Gasteiger partial charge >= 0.3 is 5.97 Å². The largest absolute Gasteiger partial charge is 0.496 e. The molecule has 0 saturated heterocycles. The molecule has 2 aliphatic carbocycles. The highest BCUT2D eigenvalue weighted by molar-refractivity contribution is 6.31. The average molecular weight is 561 g/mol. The number of rotatable bonds is 9. The van der Waals surface area contributed by atoms with Crippen molar-refractivity contribution in [3.05, 3.63) is 52.3 Å². The van der Waals surface area contributed by atoms with Crippen LogP contribution in [0.4, 0.5) is 10.1 Å². The van der Waals surface area contributed by atoms with E-state index < -0.39 is 29.2 Å². The Hall–Kier alpha value is -3.33. The maximum atomic E-state index is 14.9. The third-order valence-electron chi connectivity index (χ3n) is 8.06. The number of carboxylic acid groups (broad SMARTS) is 1. The predicted octanol–water partition coefficient (Wildman–Crippen LogP) is 6.07. The Morgan fingerprint density at radius 1 is 1.03 bits per heavy atom. The van der Waals surface area contributed by atoms with E-state index >= 15 is 0 Å². The van der Waals surface area contributed by atoms with Crippen LogP contribution in [-0.4, -0.2) is 42.6 Å². The minimum Gasteiger partial charge on any atom is -0.496 e. The quantitative estimate of drug-likeness (QED) is 0.343. The first-order chi connectivity index (χ1) is 18.4. The number of aliphatic carboxylic acids is 1. The fraction of sp³-hybridized carbons (Fsp3) is 0.483. The van der Waals surface area contributed by atoms with Crippen LogP contribution in [0.15, 0.2) is 30.3 Å². The van der Waals surface area contributed by atoms with Crippen molar-refractivity contribution in [2.45, 2.75) is 64.9 Å². The first-order valence-corrected chi connectivity index (χ1v) is 13.5. The summed E-state index contributed by atoms with van der Waals surface area (Å²) >= 11 is 6.17. The monoisotopic (exact) mass is 560 g/mol. The molecule has 2 amide bonds. The minimum atomic E-state index is -0.859. The lowest BCUT2D eigenvalue weighted by atomic mass is 9.70. The number of carbonyl (C=O) groups is 3. The third kappa shape index (κ3) is 6.46. The van der Waals surface area contributed by atoms with Gasteiger partial charge in [-0.15, -0.1) is 0 Å². The number of anilines is 1. The second-order valence-electron chi connectivity index (χ2n) is 11.2. The molecule has 0 unspecified atom stereocenters. The molecule has 3 N–H and O–H groups in total. The number of carboxylic acids is 1. The number of nitrogens with one attached hydrogen (secondary N) is 2. The molecule has 2 aromatic rings. The van der Waals surface area contributed by atoms with E-state index in [1.807, 2.05) is 0 Å². The van der Waals surface area contributed by atoms with E-state index in [2.05, 4.69) is 17.6 Å². The van der Waals surface area contributed by atoms with Gasteiger partial charge in [-0.25, -0.2) is 4.39 Å². The van der Waals surface area contributed by atoms with E-state index in [1.54, 1.807) is 19.1 Å². The zero-order chi connectivity index (χ0) is 28.4. The summed E-state index contributed by atoms with van der Waals surface area (Å²) in [5, 5.41) is 15.4. The number of ether oxygens (including phenoxy) is 2. The summed E-state index contributed by atoms with van der Waals surface area (Å²) in [4.78, 5) is 37.9.